The van der Waals surface area contributed by atoms with Crippen LogP contribution in [0.4, 0.5) is 4.79 Å². The van der Waals surface area contributed by atoms with Crippen molar-refractivity contribution in [1.82, 2.24) is 9.80 Å². The third-order valence-electron chi connectivity index (χ3n) is 2.50. The van der Waals surface area contributed by atoms with E-state index in [1.54, 1.807) is 6.92 Å². The molecule has 0 radical (unpaired) electrons. The van der Waals surface area contributed by atoms with Crippen LogP contribution in [0.1, 0.15) is 13.8 Å². The average Bonchev–Trinajstić information content (AvgIpc) is 2.34. The normalized spacial score (nSPS) is 11.6. The fourth-order valence-electron chi connectivity index (χ4n) is 1.34. The van der Waals surface area contributed by atoms with E-state index in [2.05, 4.69) is 4.74 Å². The second kappa shape index (κ2) is 7.52. The Kier molecular flexibility index (Phi) is 6.77. The Morgan fingerprint density at radius 2 is 1.89 bits per heavy atom. The van der Waals surface area contributed by atoms with Crippen LogP contribution < -0.4 is 0 Å². The quantitative estimate of drug-likeness (QED) is 0.692. The molecule has 0 spiro atoms. The van der Waals surface area contributed by atoms with Gasteiger partial charge in [0.2, 0.25) is 0 Å². The molecule has 0 aliphatic rings. The predicted molar refractivity (Wildman–Crippen MR) is 64.1 cm³/mol. The molecule has 0 heterocycles. The van der Waals surface area contributed by atoms with E-state index in [4.69, 9.17) is 5.11 Å². The van der Waals surface area contributed by atoms with E-state index < -0.39 is 23.9 Å². The molecule has 0 aliphatic carbocycles. The van der Waals surface area contributed by atoms with Gasteiger partial charge in [0.1, 0.15) is 6.54 Å². The number of methoxy groups -OCH3 is 1. The van der Waals surface area contributed by atoms with Gasteiger partial charge in [0.25, 0.3) is 0 Å². The van der Waals surface area contributed by atoms with Crippen LogP contribution in [0.5, 0.6) is 0 Å². The van der Waals surface area contributed by atoms with Crippen LogP contribution in [-0.4, -0.2) is 66.7 Å². The van der Waals surface area contributed by atoms with E-state index in [1.807, 2.05) is 0 Å². The third kappa shape index (κ3) is 5.03. The number of amides is 2. The molecule has 2 amide bonds. The summed E-state index contributed by atoms with van der Waals surface area (Å²) in [7, 11) is 2.75. The maximum absolute atomic E-state index is 11.9. The van der Waals surface area contributed by atoms with Crippen LogP contribution in [0.2, 0.25) is 0 Å². The minimum absolute atomic E-state index is 0.0891. The summed E-state index contributed by atoms with van der Waals surface area (Å²) in [6, 6.07) is -0.393. The highest BCUT2D eigenvalue weighted by molar-refractivity contribution is 5.81. The van der Waals surface area contributed by atoms with Gasteiger partial charge in [-0.15, -0.1) is 0 Å². The van der Waals surface area contributed by atoms with Crippen molar-refractivity contribution in [3.8, 4) is 0 Å². The number of ether oxygens (including phenoxy) is 1. The number of aliphatic carboxylic acids is 1. The highest BCUT2D eigenvalue weighted by Gasteiger charge is 2.22. The lowest BCUT2D eigenvalue weighted by molar-refractivity contribution is -0.142. The molecule has 0 bridgehead atoms. The Bertz CT molecular complexity index is 319. The molecule has 0 aliphatic heterocycles. The molecule has 1 unspecified atom stereocenters. The van der Waals surface area contributed by atoms with Gasteiger partial charge < -0.3 is 19.6 Å². The minimum atomic E-state index is -0.967. The number of hydrogen-bond donors (Lipinski definition) is 1. The number of carbonyl (C=O) groups excluding carboxylic acids is 2. The van der Waals surface area contributed by atoms with Crippen LogP contribution in [-0.2, 0) is 14.3 Å². The SMILES string of the molecule is CCN(CC(=O)OC)C(=O)N(C)CC(C)C(=O)O. The van der Waals surface area contributed by atoms with Crippen molar-refractivity contribution in [2.24, 2.45) is 5.92 Å². The molecule has 0 saturated carbocycles. The molecule has 104 valence electrons. The Labute approximate surface area is 106 Å². The maximum Gasteiger partial charge on any atom is 0.325 e. The number of hydrogen-bond acceptors (Lipinski definition) is 4. The lowest BCUT2D eigenvalue weighted by atomic mass is 10.2. The number of esters is 1. The number of carboxylic acid groups (broad SMARTS) is 1. The second-order valence-electron chi connectivity index (χ2n) is 3.99. The Hall–Kier alpha value is -1.79. The van der Waals surface area contributed by atoms with Crippen molar-refractivity contribution < 1.29 is 24.2 Å². The van der Waals surface area contributed by atoms with Gasteiger partial charge in [0, 0.05) is 20.1 Å². The first kappa shape index (κ1) is 16.2. The zero-order chi connectivity index (χ0) is 14.3. The van der Waals surface area contributed by atoms with Gasteiger partial charge in [-0.2, -0.15) is 0 Å². The molecule has 7 nitrogen and oxygen atoms in total. The molecule has 7 heteroatoms. The standard InChI is InChI=1S/C11H20N2O5/c1-5-13(7-9(14)18-4)11(17)12(3)6-8(2)10(15)16/h8H,5-7H2,1-4H3,(H,15,16). The molecule has 1 N–H and O–H groups in total. The van der Waals surface area contributed by atoms with E-state index in [-0.39, 0.29) is 13.1 Å². The molecule has 0 saturated heterocycles. The predicted octanol–water partition coefficient (Wildman–Crippen LogP) is 0.254. The van der Waals surface area contributed by atoms with Crippen LogP contribution >= 0.6 is 0 Å². The lowest BCUT2D eigenvalue weighted by Crippen LogP contribution is -2.45. The molecule has 0 aromatic carbocycles. The third-order valence-corrected chi connectivity index (χ3v) is 2.50. The summed E-state index contributed by atoms with van der Waals surface area (Å²) in [5, 5.41) is 8.77. The van der Waals surface area contributed by atoms with Gasteiger partial charge in [-0.05, 0) is 6.92 Å². The molecular formula is C11H20N2O5. The van der Waals surface area contributed by atoms with Crippen molar-refractivity contribution in [3.05, 3.63) is 0 Å². The fourth-order valence-corrected chi connectivity index (χ4v) is 1.34. The number of urea groups is 1. The molecule has 18 heavy (non-hydrogen) atoms. The van der Waals surface area contributed by atoms with E-state index in [9.17, 15) is 14.4 Å². The summed E-state index contributed by atoms with van der Waals surface area (Å²) in [5.74, 6) is -2.13. The monoisotopic (exact) mass is 260 g/mol. The van der Waals surface area contributed by atoms with Crippen molar-refractivity contribution in [2.45, 2.75) is 13.8 Å². The summed E-state index contributed by atoms with van der Waals surface area (Å²) < 4.78 is 4.49. The summed E-state index contributed by atoms with van der Waals surface area (Å²) >= 11 is 0. The van der Waals surface area contributed by atoms with Gasteiger partial charge in [-0.25, -0.2) is 4.79 Å². The molecule has 0 aromatic heterocycles. The molecular weight excluding hydrogens is 240 g/mol. The van der Waals surface area contributed by atoms with Crippen LogP contribution in [0.25, 0.3) is 0 Å². The fraction of sp³-hybridized carbons (Fsp3) is 0.727. The number of carboxylic acids is 1. The van der Waals surface area contributed by atoms with E-state index >= 15 is 0 Å². The Balaban J connectivity index is 4.49. The van der Waals surface area contributed by atoms with E-state index in [0.717, 1.165) is 0 Å². The van der Waals surface area contributed by atoms with Crippen molar-refractivity contribution in [3.63, 3.8) is 0 Å². The zero-order valence-corrected chi connectivity index (χ0v) is 11.2. The van der Waals surface area contributed by atoms with Gasteiger partial charge in [0.05, 0.1) is 13.0 Å². The first-order valence-electron chi connectivity index (χ1n) is 5.63. The first-order chi connectivity index (χ1) is 8.33. The summed E-state index contributed by atoms with van der Waals surface area (Å²) in [5.41, 5.74) is 0. The topological polar surface area (TPSA) is 87.2 Å². The van der Waals surface area contributed by atoms with Gasteiger partial charge in [0.15, 0.2) is 0 Å². The molecule has 0 rings (SSSR count). The second-order valence-corrected chi connectivity index (χ2v) is 3.99. The van der Waals surface area contributed by atoms with Gasteiger partial charge in [-0.3, -0.25) is 9.59 Å². The zero-order valence-electron chi connectivity index (χ0n) is 11.2. The van der Waals surface area contributed by atoms with Crippen LogP contribution in [0.3, 0.4) is 0 Å². The van der Waals surface area contributed by atoms with Gasteiger partial charge >= 0.3 is 18.0 Å². The summed E-state index contributed by atoms with van der Waals surface area (Å²) in [6.07, 6.45) is 0. The largest absolute Gasteiger partial charge is 0.481 e. The summed E-state index contributed by atoms with van der Waals surface area (Å²) in [4.78, 5) is 36.3. The smallest absolute Gasteiger partial charge is 0.325 e. The lowest BCUT2D eigenvalue weighted by Gasteiger charge is -2.27. The van der Waals surface area contributed by atoms with Crippen molar-refractivity contribution in [2.75, 3.05) is 33.8 Å². The molecule has 0 fully saturated rings. The van der Waals surface area contributed by atoms with Gasteiger partial charge in [-0.1, -0.05) is 6.92 Å². The molecule has 0 aromatic rings. The summed E-state index contributed by atoms with van der Waals surface area (Å²) in [6.45, 7) is 3.54. The number of nitrogens with zero attached hydrogens (tertiary/aromatic N) is 2. The first-order valence-corrected chi connectivity index (χ1v) is 5.63. The van der Waals surface area contributed by atoms with Crippen molar-refractivity contribution in [1.29, 1.82) is 0 Å². The minimum Gasteiger partial charge on any atom is -0.481 e. The highest BCUT2D eigenvalue weighted by atomic mass is 16.5. The maximum atomic E-state index is 11.9. The molecule has 1 atom stereocenters. The average molecular weight is 260 g/mol. The number of likely N-dealkylation sites (N-methyl/N-ethyl adjacent to an activating group) is 1. The van der Waals surface area contributed by atoms with Crippen molar-refractivity contribution >= 4 is 18.0 Å². The van der Waals surface area contributed by atoms with E-state index in [0.29, 0.717) is 6.54 Å². The van der Waals surface area contributed by atoms with Crippen LogP contribution in [0, 0.1) is 5.92 Å². The highest BCUT2D eigenvalue weighted by Crippen LogP contribution is 2.03. The number of rotatable bonds is 6. The number of carbonyl (C=O) groups is 3. The Morgan fingerprint density at radius 1 is 1.33 bits per heavy atom. The van der Waals surface area contributed by atoms with E-state index in [1.165, 1.54) is 30.9 Å². The van der Waals surface area contributed by atoms with Crippen LogP contribution in [0.15, 0.2) is 0 Å². The Morgan fingerprint density at radius 3 is 2.28 bits per heavy atom.